The van der Waals surface area contributed by atoms with Crippen LogP contribution in [0.1, 0.15) is 49.9 Å². The van der Waals surface area contributed by atoms with Crippen LogP contribution in [-0.2, 0) is 16.0 Å². The van der Waals surface area contributed by atoms with Crippen molar-refractivity contribution in [1.29, 1.82) is 0 Å². The van der Waals surface area contributed by atoms with Gasteiger partial charge in [-0.3, -0.25) is 9.59 Å². The number of rotatable bonds is 8. The third-order valence-corrected chi connectivity index (χ3v) is 5.67. The van der Waals surface area contributed by atoms with Gasteiger partial charge in [0.25, 0.3) is 5.91 Å². The lowest BCUT2D eigenvalue weighted by Gasteiger charge is -2.39. The van der Waals surface area contributed by atoms with E-state index in [0.717, 1.165) is 23.1 Å². The van der Waals surface area contributed by atoms with Crippen LogP contribution in [0.15, 0.2) is 55.1 Å². The molecule has 0 fully saturated rings. The lowest BCUT2D eigenvalue weighted by Crippen LogP contribution is -2.42. The molecule has 32 heavy (non-hydrogen) atoms. The number of halogens is 1. The zero-order valence-corrected chi connectivity index (χ0v) is 18.9. The number of hydrogen-bond donors (Lipinski definition) is 1. The van der Waals surface area contributed by atoms with Crippen molar-refractivity contribution in [3.8, 4) is 5.75 Å². The topological polar surface area (TPSA) is 58.6 Å². The van der Waals surface area contributed by atoms with Crippen molar-refractivity contribution in [3.63, 3.8) is 0 Å². The Morgan fingerprint density at radius 3 is 2.59 bits per heavy atom. The predicted molar refractivity (Wildman–Crippen MR) is 123 cm³/mol. The van der Waals surface area contributed by atoms with Crippen molar-refractivity contribution in [3.05, 3.63) is 77.6 Å². The Kier molecular flexibility index (Phi) is 7.67. The van der Waals surface area contributed by atoms with Crippen molar-refractivity contribution in [1.82, 2.24) is 10.2 Å². The molecule has 6 heteroatoms. The van der Waals surface area contributed by atoms with Crippen LogP contribution in [0.4, 0.5) is 4.39 Å². The zero-order chi connectivity index (χ0) is 23.3. The molecule has 0 radical (unpaired) electrons. The Morgan fingerprint density at radius 2 is 1.97 bits per heavy atom. The molecule has 1 heterocycles. The fourth-order valence-electron chi connectivity index (χ4n) is 4.01. The summed E-state index contributed by atoms with van der Waals surface area (Å²) in [5, 5.41) is 2.77. The second-order valence-electron chi connectivity index (χ2n) is 8.30. The number of benzene rings is 2. The number of fused-ring (bicyclic) bond motifs is 1. The maximum absolute atomic E-state index is 13.6. The first kappa shape index (κ1) is 23.5. The molecule has 0 aromatic heterocycles. The number of amides is 2. The summed E-state index contributed by atoms with van der Waals surface area (Å²) < 4.78 is 19.6. The van der Waals surface area contributed by atoms with Crippen molar-refractivity contribution in [2.24, 2.45) is 5.92 Å². The molecule has 2 amide bonds. The van der Waals surface area contributed by atoms with Crippen LogP contribution >= 0.6 is 0 Å². The van der Waals surface area contributed by atoms with Gasteiger partial charge < -0.3 is 15.0 Å². The molecule has 2 atom stereocenters. The van der Waals surface area contributed by atoms with E-state index < -0.39 is 6.10 Å². The maximum Gasteiger partial charge on any atom is 0.261 e. The quantitative estimate of drug-likeness (QED) is 0.621. The highest BCUT2D eigenvalue weighted by atomic mass is 19.1. The van der Waals surface area contributed by atoms with Crippen LogP contribution in [0.25, 0.3) is 0 Å². The molecule has 0 unspecified atom stereocenters. The smallest absolute Gasteiger partial charge is 0.261 e. The van der Waals surface area contributed by atoms with E-state index in [1.54, 1.807) is 18.2 Å². The van der Waals surface area contributed by atoms with E-state index >= 15 is 0 Å². The molecule has 0 spiro atoms. The standard InChI is InChI=1S/C26H31FN2O3/c1-5-14-28-25(30)23(6-2)32-21-12-9-18-13-15-29(26(31)17(3)4)24(22(18)16-21)19-7-10-20(27)11-8-19/h5,7-12,16-17,23-24H,1,6,13-15H2,2-4H3,(H,28,30)/t23-,24-/m1/s1. The Labute approximate surface area is 189 Å². The number of nitrogens with zero attached hydrogens (tertiary/aromatic N) is 1. The molecule has 2 aromatic rings. The lowest BCUT2D eigenvalue weighted by molar-refractivity contribution is -0.136. The van der Waals surface area contributed by atoms with Crippen molar-refractivity contribution in [2.75, 3.05) is 13.1 Å². The number of carbonyl (C=O) groups excluding carboxylic acids is 2. The SMILES string of the molecule is C=CCNC(=O)[C@@H](CC)Oc1ccc2c(c1)[C@@H](c1ccc(F)cc1)N(C(=O)C(C)C)CC2. The van der Waals surface area contributed by atoms with Gasteiger partial charge in [0.05, 0.1) is 6.04 Å². The summed E-state index contributed by atoms with van der Waals surface area (Å²) in [5.41, 5.74) is 2.90. The predicted octanol–water partition coefficient (Wildman–Crippen LogP) is 4.42. The van der Waals surface area contributed by atoms with E-state index in [0.29, 0.717) is 25.3 Å². The molecule has 2 aromatic carbocycles. The molecular weight excluding hydrogens is 407 g/mol. The molecule has 1 aliphatic heterocycles. The third kappa shape index (κ3) is 5.18. The van der Waals surface area contributed by atoms with Gasteiger partial charge in [-0.25, -0.2) is 4.39 Å². The van der Waals surface area contributed by atoms with E-state index in [1.807, 2.05) is 43.9 Å². The van der Waals surface area contributed by atoms with Crippen LogP contribution in [-0.4, -0.2) is 35.9 Å². The summed E-state index contributed by atoms with van der Waals surface area (Å²) in [5.74, 6) is -0.0597. The van der Waals surface area contributed by atoms with Crippen molar-refractivity contribution in [2.45, 2.75) is 45.8 Å². The number of carbonyl (C=O) groups is 2. The Morgan fingerprint density at radius 1 is 1.25 bits per heavy atom. The highest BCUT2D eigenvalue weighted by molar-refractivity contribution is 5.81. The minimum absolute atomic E-state index is 0.0477. The molecule has 0 aliphatic carbocycles. The highest BCUT2D eigenvalue weighted by Gasteiger charge is 2.33. The van der Waals surface area contributed by atoms with Gasteiger partial charge in [0.1, 0.15) is 11.6 Å². The first-order valence-corrected chi connectivity index (χ1v) is 11.1. The first-order valence-electron chi connectivity index (χ1n) is 11.1. The third-order valence-electron chi connectivity index (χ3n) is 5.67. The molecule has 1 N–H and O–H groups in total. The molecule has 170 valence electrons. The first-order chi connectivity index (χ1) is 15.3. The van der Waals surface area contributed by atoms with Gasteiger partial charge in [0.15, 0.2) is 6.10 Å². The van der Waals surface area contributed by atoms with Crippen molar-refractivity contribution >= 4 is 11.8 Å². The second kappa shape index (κ2) is 10.4. The fraction of sp³-hybridized carbons (Fsp3) is 0.385. The van der Waals surface area contributed by atoms with Crippen LogP contribution in [0.3, 0.4) is 0 Å². The largest absolute Gasteiger partial charge is 0.481 e. The molecular formula is C26H31FN2O3. The molecule has 5 nitrogen and oxygen atoms in total. The fourth-order valence-corrected chi connectivity index (χ4v) is 4.01. The number of hydrogen-bond acceptors (Lipinski definition) is 3. The van der Waals surface area contributed by atoms with Crippen molar-refractivity contribution < 1.29 is 18.7 Å². The zero-order valence-electron chi connectivity index (χ0n) is 18.9. The summed E-state index contributed by atoms with van der Waals surface area (Å²) in [6.45, 7) is 10.2. The van der Waals surface area contributed by atoms with Gasteiger partial charge in [-0.15, -0.1) is 6.58 Å². The van der Waals surface area contributed by atoms with Crippen LogP contribution in [0.5, 0.6) is 5.75 Å². The summed E-state index contributed by atoms with van der Waals surface area (Å²) in [6, 6.07) is 11.7. The molecule has 1 aliphatic rings. The average molecular weight is 439 g/mol. The molecule has 0 saturated carbocycles. The normalized spacial score (nSPS) is 16.3. The molecule has 3 rings (SSSR count). The maximum atomic E-state index is 13.6. The Bertz CT molecular complexity index is 972. The van der Waals surface area contributed by atoms with Crippen LogP contribution in [0.2, 0.25) is 0 Å². The van der Waals surface area contributed by atoms with Gasteiger partial charge in [-0.2, -0.15) is 0 Å². The Balaban J connectivity index is 1.98. The average Bonchev–Trinajstić information content (AvgIpc) is 2.80. The monoisotopic (exact) mass is 438 g/mol. The number of nitrogens with one attached hydrogen (secondary N) is 1. The molecule has 0 bridgehead atoms. The van der Waals surface area contributed by atoms with Gasteiger partial charge in [-0.1, -0.05) is 45.0 Å². The van der Waals surface area contributed by atoms with Crippen LogP contribution in [0, 0.1) is 11.7 Å². The van der Waals surface area contributed by atoms with Gasteiger partial charge in [0.2, 0.25) is 5.91 Å². The van der Waals surface area contributed by atoms with Gasteiger partial charge >= 0.3 is 0 Å². The second-order valence-corrected chi connectivity index (χ2v) is 8.30. The van der Waals surface area contributed by atoms with Crippen LogP contribution < -0.4 is 10.1 Å². The van der Waals surface area contributed by atoms with E-state index in [2.05, 4.69) is 11.9 Å². The minimum Gasteiger partial charge on any atom is -0.481 e. The summed E-state index contributed by atoms with van der Waals surface area (Å²) in [6.07, 6.45) is 2.23. The summed E-state index contributed by atoms with van der Waals surface area (Å²) >= 11 is 0. The number of ether oxygens (including phenoxy) is 1. The highest BCUT2D eigenvalue weighted by Crippen LogP contribution is 2.38. The van der Waals surface area contributed by atoms with E-state index in [4.69, 9.17) is 4.74 Å². The van der Waals surface area contributed by atoms with E-state index in [1.165, 1.54) is 12.1 Å². The van der Waals surface area contributed by atoms with Gasteiger partial charge in [0, 0.05) is 19.0 Å². The molecule has 0 saturated heterocycles. The lowest BCUT2D eigenvalue weighted by atomic mass is 9.87. The van der Waals surface area contributed by atoms with E-state index in [9.17, 15) is 14.0 Å². The Hall–Kier alpha value is -3.15. The summed E-state index contributed by atoms with van der Waals surface area (Å²) in [4.78, 5) is 27.3. The van der Waals surface area contributed by atoms with E-state index in [-0.39, 0.29) is 29.6 Å². The minimum atomic E-state index is -0.630. The van der Waals surface area contributed by atoms with Gasteiger partial charge in [-0.05, 0) is 53.8 Å². The summed E-state index contributed by atoms with van der Waals surface area (Å²) in [7, 11) is 0.